The second-order valence-corrected chi connectivity index (χ2v) is 6.71. The number of carbonyl (C=O) groups is 1. The fraction of sp³-hybridized carbons (Fsp3) is 0.900. The predicted octanol–water partition coefficient (Wildman–Crippen LogP) is -0.174. The van der Waals surface area contributed by atoms with E-state index in [4.69, 9.17) is 0 Å². The van der Waals surface area contributed by atoms with Crippen LogP contribution in [-0.4, -0.2) is 62.1 Å². The van der Waals surface area contributed by atoms with Gasteiger partial charge in [0.2, 0.25) is 10.0 Å². The van der Waals surface area contributed by atoms with Gasteiger partial charge in [0.15, 0.2) is 0 Å². The second-order valence-electron chi connectivity index (χ2n) is 4.73. The van der Waals surface area contributed by atoms with Crippen LogP contribution in [0.3, 0.4) is 0 Å². The van der Waals surface area contributed by atoms with E-state index in [-0.39, 0.29) is 12.1 Å². The van der Waals surface area contributed by atoms with Crippen molar-refractivity contribution in [3.05, 3.63) is 0 Å². The minimum absolute atomic E-state index is 0.00550. The molecule has 17 heavy (non-hydrogen) atoms. The molecule has 0 radical (unpaired) electrons. The van der Waals surface area contributed by atoms with E-state index >= 15 is 0 Å². The zero-order valence-corrected chi connectivity index (χ0v) is 10.9. The summed E-state index contributed by atoms with van der Waals surface area (Å²) in [5.74, 6) is 0. The van der Waals surface area contributed by atoms with Gasteiger partial charge in [0.05, 0.1) is 6.26 Å². The van der Waals surface area contributed by atoms with Crippen LogP contribution in [0, 0.1) is 0 Å². The third kappa shape index (κ3) is 3.10. The first-order valence-corrected chi connectivity index (χ1v) is 7.82. The van der Waals surface area contributed by atoms with E-state index in [1.807, 2.05) is 0 Å². The third-order valence-corrected chi connectivity index (χ3v) is 4.70. The molecule has 0 bridgehead atoms. The lowest BCUT2D eigenvalue weighted by molar-refractivity contribution is 0.159. The van der Waals surface area contributed by atoms with Gasteiger partial charge in [-0.05, 0) is 19.3 Å². The predicted molar refractivity (Wildman–Crippen MR) is 64.2 cm³/mol. The van der Waals surface area contributed by atoms with Gasteiger partial charge in [-0.3, -0.25) is 0 Å². The first-order chi connectivity index (χ1) is 7.97. The number of hydrogen-bond donors (Lipinski definition) is 1. The number of amides is 2. The molecule has 0 saturated carbocycles. The molecule has 0 aromatic rings. The van der Waals surface area contributed by atoms with Gasteiger partial charge >= 0.3 is 6.03 Å². The first-order valence-electron chi connectivity index (χ1n) is 5.97. The van der Waals surface area contributed by atoms with Gasteiger partial charge in [-0.1, -0.05) is 0 Å². The summed E-state index contributed by atoms with van der Waals surface area (Å²) in [4.78, 5) is 13.4. The van der Waals surface area contributed by atoms with E-state index in [0.717, 1.165) is 19.5 Å². The van der Waals surface area contributed by atoms with Crippen LogP contribution in [0.2, 0.25) is 0 Å². The molecular weight excluding hydrogens is 242 g/mol. The Kier molecular flexibility index (Phi) is 3.58. The van der Waals surface area contributed by atoms with Gasteiger partial charge in [0, 0.05) is 32.2 Å². The zero-order chi connectivity index (χ0) is 12.5. The molecule has 2 heterocycles. The number of urea groups is 1. The van der Waals surface area contributed by atoms with Gasteiger partial charge in [-0.25, -0.2) is 17.5 Å². The number of likely N-dealkylation sites (tertiary alicyclic amines) is 1. The molecule has 2 aliphatic rings. The van der Waals surface area contributed by atoms with Crippen LogP contribution < -0.4 is 5.32 Å². The quantitative estimate of drug-likeness (QED) is 0.750. The molecule has 2 amide bonds. The third-order valence-electron chi connectivity index (χ3n) is 3.39. The largest absolute Gasteiger partial charge is 0.335 e. The van der Waals surface area contributed by atoms with E-state index in [9.17, 15) is 13.2 Å². The van der Waals surface area contributed by atoms with Gasteiger partial charge in [-0.2, -0.15) is 0 Å². The molecule has 0 aliphatic carbocycles. The summed E-state index contributed by atoms with van der Waals surface area (Å²) < 4.78 is 24.1. The van der Waals surface area contributed by atoms with Crippen molar-refractivity contribution in [3.63, 3.8) is 0 Å². The zero-order valence-electron chi connectivity index (χ0n) is 10.1. The lowest BCUT2D eigenvalue weighted by Gasteiger charge is -2.35. The number of carbonyl (C=O) groups excluding carboxylic acids is 1. The Morgan fingerprint density at radius 3 is 2.18 bits per heavy atom. The number of hydrogen-bond acceptors (Lipinski definition) is 3. The van der Waals surface area contributed by atoms with Crippen molar-refractivity contribution in [2.75, 3.05) is 32.4 Å². The van der Waals surface area contributed by atoms with Crippen LogP contribution >= 0.6 is 0 Å². The summed E-state index contributed by atoms with van der Waals surface area (Å²) in [6, 6.07) is 0.107. The average molecular weight is 261 g/mol. The van der Waals surface area contributed by atoms with Crippen LogP contribution in [-0.2, 0) is 10.0 Å². The van der Waals surface area contributed by atoms with E-state index in [1.165, 1.54) is 10.6 Å². The monoisotopic (exact) mass is 261 g/mol. The minimum atomic E-state index is -3.08. The van der Waals surface area contributed by atoms with Crippen molar-refractivity contribution in [1.29, 1.82) is 0 Å². The smallest absolute Gasteiger partial charge is 0.317 e. The van der Waals surface area contributed by atoms with Crippen LogP contribution in [0.1, 0.15) is 19.3 Å². The molecule has 98 valence electrons. The number of nitrogens with one attached hydrogen (secondary N) is 1. The Morgan fingerprint density at radius 1 is 1.18 bits per heavy atom. The molecule has 0 spiro atoms. The lowest BCUT2D eigenvalue weighted by atomic mass is 10.1. The summed E-state index contributed by atoms with van der Waals surface area (Å²) in [6.45, 7) is 2.69. The highest BCUT2D eigenvalue weighted by atomic mass is 32.2. The second kappa shape index (κ2) is 4.81. The van der Waals surface area contributed by atoms with Crippen LogP contribution in [0.5, 0.6) is 0 Å². The van der Waals surface area contributed by atoms with Gasteiger partial charge in [0.25, 0.3) is 0 Å². The van der Waals surface area contributed by atoms with Crippen LogP contribution in [0.15, 0.2) is 0 Å². The van der Waals surface area contributed by atoms with Gasteiger partial charge < -0.3 is 10.2 Å². The molecule has 7 heteroatoms. The molecule has 2 rings (SSSR count). The first kappa shape index (κ1) is 12.6. The van der Waals surface area contributed by atoms with Crippen LogP contribution in [0.25, 0.3) is 0 Å². The number of sulfonamides is 1. The maximum Gasteiger partial charge on any atom is 0.317 e. The molecule has 1 N–H and O–H groups in total. The lowest BCUT2D eigenvalue weighted by Crippen LogP contribution is -2.53. The molecule has 0 aromatic carbocycles. The number of piperidine rings is 1. The summed E-state index contributed by atoms with van der Waals surface area (Å²) >= 11 is 0. The summed E-state index contributed by atoms with van der Waals surface area (Å²) in [7, 11) is -3.08. The van der Waals surface area contributed by atoms with E-state index < -0.39 is 10.0 Å². The molecule has 2 aliphatic heterocycles. The van der Waals surface area contributed by atoms with Gasteiger partial charge in [0.1, 0.15) is 0 Å². The Hall–Kier alpha value is -0.820. The number of nitrogens with zero attached hydrogens (tertiary/aromatic N) is 2. The maximum absolute atomic E-state index is 11.7. The van der Waals surface area contributed by atoms with E-state index in [1.54, 1.807) is 4.90 Å². The highest BCUT2D eigenvalue weighted by Gasteiger charge is 2.28. The molecular formula is C10H19N3O3S. The fourth-order valence-corrected chi connectivity index (χ4v) is 2.99. The fourth-order valence-electron chi connectivity index (χ4n) is 2.12. The SMILES string of the molecule is CS(=O)(=O)N1CCC(NC(=O)N2CCC2)CC1. The van der Waals surface area contributed by atoms with Crippen molar-refractivity contribution < 1.29 is 13.2 Å². The Morgan fingerprint density at radius 2 is 1.76 bits per heavy atom. The Balaban J connectivity index is 1.77. The van der Waals surface area contributed by atoms with Crippen molar-refractivity contribution in [2.24, 2.45) is 0 Å². The summed E-state index contributed by atoms with van der Waals surface area (Å²) in [6.07, 6.45) is 3.71. The highest BCUT2D eigenvalue weighted by Crippen LogP contribution is 2.14. The number of rotatable bonds is 2. The molecule has 2 saturated heterocycles. The van der Waals surface area contributed by atoms with Crippen molar-refractivity contribution >= 4 is 16.1 Å². The van der Waals surface area contributed by atoms with Crippen LogP contribution in [0.4, 0.5) is 4.79 Å². The normalized spacial score (nSPS) is 23.2. The minimum Gasteiger partial charge on any atom is -0.335 e. The van der Waals surface area contributed by atoms with Gasteiger partial charge in [-0.15, -0.1) is 0 Å². The van der Waals surface area contributed by atoms with Crippen molar-refractivity contribution in [1.82, 2.24) is 14.5 Å². The summed E-state index contributed by atoms with van der Waals surface area (Å²) in [5.41, 5.74) is 0. The molecule has 0 aromatic heterocycles. The Labute approximate surface area is 102 Å². The maximum atomic E-state index is 11.7. The van der Waals surface area contributed by atoms with E-state index in [2.05, 4.69) is 5.32 Å². The molecule has 2 fully saturated rings. The highest BCUT2D eigenvalue weighted by molar-refractivity contribution is 7.88. The average Bonchev–Trinajstić information content (AvgIpc) is 2.13. The van der Waals surface area contributed by atoms with Crippen molar-refractivity contribution in [3.8, 4) is 0 Å². The van der Waals surface area contributed by atoms with E-state index in [0.29, 0.717) is 25.9 Å². The standard InChI is InChI=1S/C10H19N3O3S/c1-17(15,16)13-7-3-9(4-8-13)11-10(14)12-5-2-6-12/h9H,2-8H2,1H3,(H,11,14). The Bertz CT molecular complexity index is 384. The van der Waals surface area contributed by atoms with Crippen molar-refractivity contribution in [2.45, 2.75) is 25.3 Å². The molecule has 0 atom stereocenters. The topological polar surface area (TPSA) is 69.7 Å². The summed E-state index contributed by atoms with van der Waals surface area (Å²) in [5, 5.41) is 2.96. The molecule has 0 unspecified atom stereocenters. The molecule has 6 nitrogen and oxygen atoms in total.